The molecule has 0 N–H and O–H groups in total. The van der Waals surface area contributed by atoms with E-state index in [0.29, 0.717) is 28.0 Å². The first-order valence-corrected chi connectivity index (χ1v) is 8.93. The van der Waals surface area contributed by atoms with Crippen LogP contribution in [0.5, 0.6) is 5.75 Å². The second-order valence-electron chi connectivity index (χ2n) is 6.75. The molecule has 0 aliphatic heterocycles. The van der Waals surface area contributed by atoms with Gasteiger partial charge in [0.2, 0.25) is 0 Å². The van der Waals surface area contributed by atoms with Gasteiger partial charge in [0.15, 0.2) is 5.43 Å². The standard InChI is InChI=1S/C24H18O4/c1-15-3-7-17(8-4-15)23-14-21(25)20-13-19(11-12-22(20)28-23)27-24(26)18-9-5-16(2)6-10-18/h3-14H,1-2H3. The summed E-state index contributed by atoms with van der Waals surface area (Å²) in [4.78, 5) is 24.9. The summed E-state index contributed by atoms with van der Waals surface area (Å²) in [5.74, 6) is 0.329. The lowest BCUT2D eigenvalue weighted by atomic mass is 10.1. The number of benzene rings is 3. The maximum atomic E-state index is 12.6. The number of fused-ring (bicyclic) bond motifs is 1. The summed E-state index contributed by atoms with van der Waals surface area (Å²) in [5.41, 5.74) is 3.73. The highest BCUT2D eigenvalue weighted by Crippen LogP contribution is 2.25. The van der Waals surface area contributed by atoms with Crippen molar-refractivity contribution in [3.8, 4) is 17.1 Å². The van der Waals surface area contributed by atoms with E-state index in [0.717, 1.165) is 16.7 Å². The summed E-state index contributed by atoms with van der Waals surface area (Å²) >= 11 is 0. The van der Waals surface area contributed by atoms with Crippen LogP contribution in [0.1, 0.15) is 21.5 Å². The molecule has 138 valence electrons. The van der Waals surface area contributed by atoms with Crippen LogP contribution in [0.25, 0.3) is 22.3 Å². The summed E-state index contributed by atoms with van der Waals surface area (Å²) in [5, 5.41) is 0.366. The zero-order valence-electron chi connectivity index (χ0n) is 15.6. The van der Waals surface area contributed by atoms with E-state index < -0.39 is 5.97 Å². The first-order chi connectivity index (χ1) is 13.5. The maximum absolute atomic E-state index is 12.6. The van der Waals surface area contributed by atoms with Gasteiger partial charge in [-0.25, -0.2) is 4.79 Å². The summed E-state index contributed by atoms with van der Waals surface area (Å²) in [6.45, 7) is 3.95. The van der Waals surface area contributed by atoms with E-state index in [1.54, 1.807) is 24.3 Å². The molecule has 0 saturated heterocycles. The van der Waals surface area contributed by atoms with Crippen LogP contribution >= 0.6 is 0 Å². The van der Waals surface area contributed by atoms with Crippen LogP contribution in [0.4, 0.5) is 0 Å². The summed E-state index contributed by atoms with van der Waals surface area (Å²) in [6, 6.07) is 21.1. The summed E-state index contributed by atoms with van der Waals surface area (Å²) < 4.78 is 11.3. The molecule has 0 unspecified atom stereocenters. The van der Waals surface area contributed by atoms with E-state index in [2.05, 4.69) is 0 Å². The van der Waals surface area contributed by atoms with Crippen molar-refractivity contribution in [1.29, 1.82) is 0 Å². The van der Waals surface area contributed by atoms with Gasteiger partial charge < -0.3 is 9.15 Å². The van der Waals surface area contributed by atoms with Gasteiger partial charge in [0.25, 0.3) is 0 Å². The Morgan fingerprint density at radius 3 is 2.14 bits per heavy atom. The average Bonchev–Trinajstić information content (AvgIpc) is 2.69. The number of hydrogen-bond donors (Lipinski definition) is 0. The first-order valence-electron chi connectivity index (χ1n) is 8.93. The Labute approximate surface area is 162 Å². The average molecular weight is 370 g/mol. The lowest BCUT2D eigenvalue weighted by Crippen LogP contribution is -2.09. The van der Waals surface area contributed by atoms with Crippen molar-refractivity contribution in [2.24, 2.45) is 0 Å². The molecule has 0 aliphatic carbocycles. The highest BCUT2D eigenvalue weighted by Gasteiger charge is 2.12. The van der Waals surface area contributed by atoms with E-state index in [1.165, 1.54) is 12.1 Å². The van der Waals surface area contributed by atoms with Crippen molar-refractivity contribution in [2.75, 3.05) is 0 Å². The molecule has 1 aromatic heterocycles. The molecule has 1 heterocycles. The van der Waals surface area contributed by atoms with Crippen molar-refractivity contribution in [3.63, 3.8) is 0 Å². The number of ether oxygens (including phenoxy) is 1. The molecule has 28 heavy (non-hydrogen) atoms. The Bertz CT molecular complexity index is 1220. The molecule has 0 aliphatic rings. The minimum absolute atomic E-state index is 0.190. The van der Waals surface area contributed by atoms with Crippen LogP contribution in [-0.2, 0) is 0 Å². The van der Waals surface area contributed by atoms with Gasteiger partial charge in [0.05, 0.1) is 10.9 Å². The van der Waals surface area contributed by atoms with Gasteiger partial charge in [0.1, 0.15) is 17.1 Å². The normalized spacial score (nSPS) is 10.8. The highest BCUT2D eigenvalue weighted by atomic mass is 16.5. The molecular formula is C24H18O4. The Morgan fingerprint density at radius 1 is 0.821 bits per heavy atom. The van der Waals surface area contributed by atoms with Crippen molar-refractivity contribution in [1.82, 2.24) is 0 Å². The van der Waals surface area contributed by atoms with Crippen LogP contribution in [0.15, 0.2) is 82.0 Å². The van der Waals surface area contributed by atoms with Gasteiger partial charge in [0, 0.05) is 11.6 Å². The molecular weight excluding hydrogens is 352 g/mol. The van der Waals surface area contributed by atoms with Gasteiger partial charge in [-0.1, -0.05) is 47.5 Å². The van der Waals surface area contributed by atoms with E-state index in [9.17, 15) is 9.59 Å². The molecule has 0 spiro atoms. The van der Waals surface area contributed by atoms with Gasteiger partial charge in [-0.15, -0.1) is 0 Å². The van der Waals surface area contributed by atoms with Gasteiger partial charge in [-0.3, -0.25) is 4.79 Å². The molecule has 4 nitrogen and oxygen atoms in total. The molecule has 0 saturated carbocycles. The fourth-order valence-corrected chi connectivity index (χ4v) is 2.91. The Hall–Kier alpha value is -3.66. The Kier molecular flexibility index (Phi) is 4.53. The van der Waals surface area contributed by atoms with E-state index in [4.69, 9.17) is 9.15 Å². The van der Waals surface area contributed by atoms with Crippen LogP contribution in [0.2, 0.25) is 0 Å². The van der Waals surface area contributed by atoms with E-state index >= 15 is 0 Å². The molecule has 4 aromatic rings. The minimum atomic E-state index is -0.472. The lowest BCUT2D eigenvalue weighted by Gasteiger charge is -2.07. The number of carbonyl (C=O) groups excluding carboxylic acids is 1. The second-order valence-corrected chi connectivity index (χ2v) is 6.75. The zero-order chi connectivity index (χ0) is 19.7. The lowest BCUT2D eigenvalue weighted by molar-refractivity contribution is 0.0735. The number of rotatable bonds is 3. The quantitative estimate of drug-likeness (QED) is 0.363. The van der Waals surface area contributed by atoms with Crippen molar-refractivity contribution in [2.45, 2.75) is 13.8 Å². The molecule has 0 radical (unpaired) electrons. The fraction of sp³-hybridized carbons (Fsp3) is 0.0833. The second kappa shape index (κ2) is 7.16. The number of esters is 1. The predicted octanol–water partition coefficient (Wildman–Crippen LogP) is 5.30. The third kappa shape index (κ3) is 3.58. The molecule has 4 rings (SSSR count). The third-order valence-electron chi connectivity index (χ3n) is 4.53. The Morgan fingerprint density at radius 2 is 1.46 bits per heavy atom. The van der Waals surface area contributed by atoms with Crippen molar-refractivity contribution < 1.29 is 13.9 Å². The molecule has 0 fully saturated rings. The van der Waals surface area contributed by atoms with Gasteiger partial charge >= 0.3 is 5.97 Å². The minimum Gasteiger partial charge on any atom is -0.456 e. The molecule has 0 amide bonds. The van der Waals surface area contributed by atoms with Crippen LogP contribution in [0.3, 0.4) is 0 Å². The monoisotopic (exact) mass is 370 g/mol. The highest BCUT2D eigenvalue weighted by molar-refractivity contribution is 5.91. The van der Waals surface area contributed by atoms with Crippen molar-refractivity contribution in [3.05, 3.63) is 99.7 Å². The summed E-state index contributed by atoms with van der Waals surface area (Å²) in [7, 11) is 0. The smallest absolute Gasteiger partial charge is 0.343 e. The number of hydrogen-bond acceptors (Lipinski definition) is 4. The number of carbonyl (C=O) groups is 1. The van der Waals surface area contributed by atoms with Crippen LogP contribution < -0.4 is 10.2 Å². The molecule has 0 atom stereocenters. The predicted molar refractivity (Wildman–Crippen MR) is 109 cm³/mol. The third-order valence-corrected chi connectivity index (χ3v) is 4.53. The first kappa shape index (κ1) is 17.7. The SMILES string of the molecule is Cc1ccc(C(=O)Oc2ccc3oc(-c4ccc(C)cc4)cc(=O)c3c2)cc1. The topological polar surface area (TPSA) is 56.5 Å². The number of aryl methyl sites for hydroxylation is 2. The Balaban J connectivity index is 1.66. The molecule has 3 aromatic carbocycles. The largest absolute Gasteiger partial charge is 0.456 e. The van der Waals surface area contributed by atoms with E-state index in [1.807, 2.05) is 50.2 Å². The zero-order valence-corrected chi connectivity index (χ0v) is 15.6. The van der Waals surface area contributed by atoms with Gasteiger partial charge in [-0.2, -0.15) is 0 Å². The van der Waals surface area contributed by atoms with Crippen LogP contribution in [0, 0.1) is 13.8 Å². The van der Waals surface area contributed by atoms with Crippen LogP contribution in [-0.4, -0.2) is 5.97 Å². The van der Waals surface area contributed by atoms with Gasteiger partial charge in [-0.05, 0) is 44.2 Å². The van der Waals surface area contributed by atoms with Crippen molar-refractivity contribution >= 4 is 16.9 Å². The molecule has 0 bridgehead atoms. The fourth-order valence-electron chi connectivity index (χ4n) is 2.91. The maximum Gasteiger partial charge on any atom is 0.343 e. The molecule has 4 heteroatoms. The van der Waals surface area contributed by atoms with E-state index in [-0.39, 0.29) is 5.43 Å². The summed E-state index contributed by atoms with van der Waals surface area (Å²) in [6.07, 6.45) is 0.